The van der Waals surface area contributed by atoms with Crippen LogP contribution in [0.15, 0.2) is 46.4 Å². The maximum atomic E-state index is 14.4. The fraction of sp³-hybridized carbons (Fsp3) is 0.348. The molecule has 31 heavy (non-hydrogen) atoms. The molecule has 3 aromatic rings. The summed E-state index contributed by atoms with van der Waals surface area (Å²) in [6.07, 6.45) is 5.04. The number of nitrogens with zero attached hydrogens (tertiary/aromatic N) is 5. The first kappa shape index (κ1) is 21.0. The fourth-order valence-corrected chi connectivity index (χ4v) is 4.12. The Bertz CT molecular complexity index is 1200. The van der Waals surface area contributed by atoms with E-state index < -0.39 is 5.82 Å². The van der Waals surface area contributed by atoms with Crippen molar-refractivity contribution in [1.82, 2.24) is 14.5 Å². The molecule has 1 fully saturated rings. The lowest BCUT2D eigenvalue weighted by Crippen LogP contribution is -2.42. The summed E-state index contributed by atoms with van der Waals surface area (Å²) in [7, 11) is 5.78. The Morgan fingerprint density at radius 3 is 2.71 bits per heavy atom. The van der Waals surface area contributed by atoms with Gasteiger partial charge in [0.25, 0.3) is 5.56 Å². The Labute approximate surface area is 180 Å². The van der Waals surface area contributed by atoms with Gasteiger partial charge in [0.05, 0.1) is 22.3 Å². The number of piperidine rings is 1. The molecule has 0 saturated carbocycles. The lowest BCUT2D eigenvalue weighted by molar-refractivity contribution is 0.253. The van der Waals surface area contributed by atoms with Crippen molar-refractivity contribution in [3.05, 3.63) is 58.4 Å². The maximum Gasteiger partial charge on any atom is 0.265 e. The number of hydrogen-bond acceptors (Lipinski definition) is 6. The van der Waals surface area contributed by atoms with Gasteiger partial charge in [-0.3, -0.25) is 14.4 Å². The van der Waals surface area contributed by atoms with Gasteiger partial charge in [0.2, 0.25) is 0 Å². The minimum Gasteiger partial charge on any atom is -0.396 e. The lowest BCUT2D eigenvalue weighted by Gasteiger charge is -2.36. The van der Waals surface area contributed by atoms with Crippen LogP contribution >= 0.6 is 0 Å². The molecular formula is C23H27FN6O. The number of anilines is 2. The molecule has 1 aromatic heterocycles. The van der Waals surface area contributed by atoms with Crippen LogP contribution in [0, 0.1) is 5.82 Å². The molecule has 2 heterocycles. The molecule has 0 aliphatic carbocycles. The minimum absolute atomic E-state index is 0.00168. The number of hydrogen-bond donors (Lipinski definition) is 1. The topological polar surface area (TPSA) is 79.8 Å². The number of aromatic nitrogens is 2. The molecule has 0 amide bonds. The molecule has 1 saturated heterocycles. The first-order chi connectivity index (χ1) is 14.9. The lowest BCUT2D eigenvalue weighted by atomic mass is 10.0. The van der Waals surface area contributed by atoms with Gasteiger partial charge < -0.3 is 15.5 Å². The summed E-state index contributed by atoms with van der Waals surface area (Å²) in [5.74, 6) is -0.602. The highest BCUT2D eigenvalue weighted by atomic mass is 19.1. The summed E-state index contributed by atoms with van der Waals surface area (Å²) in [4.78, 5) is 26.2. The van der Waals surface area contributed by atoms with Crippen molar-refractivity contribution in [3.63, 3.8) is 0 Å². The van der Waals surface area contributed by atoms with Crippen molar-refractivity contribution < 1.29 is 4.39 Å². The molecule has 7 nitrogen and oxygen atoms in total. The number of aliphatic imine (C=N–C) groups is 1. The zero-order chi connectivity index (χ0) is 22.1. The van der Waals surface area contributed by atoms with Crippen LogP contribution < -0.4 is 16.2 Å². The van der Waals surface area contributed by atoms with Crippen molar-refractivity contribution in [2.24, 2.45) is 4.99 Å². The monoisotopic (exact) mass is 422 g/mol. The summed E-state index contributed by atoms with van der Waals surface area (Å²) >= 11 is 0. The predicted molar refractivity (Wildman–Crippen MR) is 124 cm³/mol. The number of rotatable bonds is 4. The number of nitrogen functional groups attached to an aromatic ring is 1. The first-order valence-corrected chi connectivity index (χ1v) is 10.3. The third-order valence-corrected chi connectivity index (χ3v) is 6.08. The van der Waals surface area contributed by atoms with Gasteiger partial charge in [-0.15, -0.1) is 0 Å². The van der Waals surface area contributed by atoms with Crippen LogP contribution in [0.3, 0.4) is 0 Å². The van der Waals surface area contributed by atoms with Crippen LogP contribution in [0.4, 0.5) is 15.8 Å². The average molecular weight is 423 g/mol. The van der Waals surface area contributed by atoms with Crippen LogP contribution in [0.5, 0.6) is 0 Å². The van der Waals surface area contributed by atoms with E-state index in [1.54, 1.807) is 13.1 Å². The highest BCUT2D eigenvalue weighted by Gasteiger charge is 2.21. The Hall–Kier alpha value is -3.26. The van der Waals surface area contributed by atoms with Crippen molar-refractivity contribution in [3.8, 4) is 5.69 Å². The summed E-state index contributed by atoms with van der Waals surface area (Å²) in [6.45, 7) is 2.12. The summed E-state index contributed by atoms with van der Waals surface area (Å²) < 4.78 is 15.7. The van der Waals surface area contributed by atoms with Gasteiger partial charge in [-0.1, -0.05) is 0 Å². The van der Waals surface area contributed by atoms with E-state index >= 15 is 0 Å². The summed E-state index contributed by atoms with van der Waals surface area (Å²) in [5, 5.41) is 0.489. The second-order valence-corrected chi connectivity index (χ2v) is 8.08. The van der Waals surface area contributed by atoms with Crippen molar-refractivity contribution >= 4 is 28.5 Å². The zero-order valence-electron chi connectivity index (χ0n) is 18.0. The molecule has 0 bridgehead atoms. The van der Waals surface area contributed by atoms with Crippen molar-refractivity contribution in [1.29, 1.82) is 0 Å². The quantitative estimate of drug-likeness (QED) is 0.517. The van der Waals surface area contributed by atoms with E-state index in [0.717, 1.165) is 31.6 Å². The Kier molecular flexibility index (Phi) is 5.73. The van der Waals surface area contributed by atoms with Gasteiger partial charge in [0.1, 0.15) is 12.1 Å². The first-order valence-electron chi connectivity index (χ1n) is 10.3. The van der Waals surface area contributed by atoms with Crippen LogP contribution in [0.1, 0.15) is 18.4 Å². The van der Waals surface area contributed by atoms with E-state index in [0.29, 0.717) is 28.2 Å². The second kappa shape index (κ2) is 8.47. The van der Waals surface area contributed by atoms with E-state index in [9.17, 15) is 9.18 Å². The SMILES string of the molecule is CN=Cc1cc(-n2cnc3ccc(N(C)C4CCN(C)CC4)cc3c2=O)cc(F)c1N. The smallest absolute Gasteiger partial charge is 0.265 e. The third kappa shape index (κ3) is 4.03. The zero-order valence-corrected chi connectivity index (χ0v) is 18.0. The van der Waals surface area contributed by atoms with Gasteiger partial charge in [-0.25, -0.2) is 9.37 Å². The number of likely N-dealkylation sites (tertiary alicyclic amines) is 1. The number of halogens is 1. The Morgan fingerprint density at radius 2 is 2.00 bits per heavy atom. The molecule has 4 rings (SSSR count). The molecule has 162 valence electrons. The van der Waals surface area contributed by atoms with Crippen LogP contribution in [0.2, 0.25) is 0 Å². The normalized spacial score (nSPS) is 15.7. The predicted octanol–water partition coefficient (Wildman–Crippen LogP) is 2.69. The molecule has 1 aliphatic heterocycles. The highest BCUT2D eigenvalue weighted by molar-refractivity contribution is 5.88. The summed E-state index contributed by atoms with van der Waals surface area (Å²) in [5.41, 5.74) is 7.89. The van der Waals surface area contributed by atoms with Gasteiger partial charge in [-0.05, 0) is 57.2 Å². The van der Waals surface area contributed by atoms with E-state index in [4.69, 9.17) is 5.73 Å². The van der Waals surface area contributed by atoms with Gasteiger partial charge in [0.15, 0.2) is 0 Å². The maximum absolute atomic E-state index is 14.4. The van der Waals surface area contributed by atoms with Gasteiger partial charge in [-0.2, -0.15) is 0 Å². The molecule has 8 heteroatoms. The van der Waals surface area contributed by atoms with Crippen LogP contribution in [0.25, 0.3) is 16.6 Å². The highest BCUT2D eigenvalue weighted by Crippen LogP contribution is 2.25. The molecular weight excluding hydrogens is 395 g/mol. The Morgan fingerprint density at radius 1 is 1.26 bits per heavy atom. The van der Waals surface area contributed by atoms with E-state index in [1.165, 1.54) is 23.2 Å². The average Bonchev–Trinajstić information content (AvgIpc) is 2.77. The van der Waals surface area contributed by atoms with Crippen LogP contribution in [-0.2, 0) is 0 Å². The standard InChI is InChI=1S/C23H27FN6O/c1-26-13-15-10-18(12-20(24)22(15)25)30-14-27-21-5-4-17(11-19(21)23(30)31)29(3)16-6-8-28(2)9-7-16/h4-5,10-14,16H,6-9,25H2,1-3H3. The summed E-state index contributed by atoms with van der Waals surface area (Å²) in [6, 6.07) is 9.04. The van der Waals surface area contributed by atoms with E-state index in [2.05, 4.69) is 33.9 Å². The minimum atomic E-state index is -0.602. The molecule has 1 aliphatic rings. The Balaban J connectivity index is 1.76. The molecule has 2 aromatic carbocycles. The second-order valence-electron chi connectivity index (χ2n) is 8.08. The number of fused-ring (bicyclic) bond motifs is 1. The number of benzene rings is 2. The molecule has 2 N–H and O–H groups in total. The van der Waals surface area contributed by atoms with Gasteiger partial charge in [0, 0.05) is 43.7 Å². The molecule has 0 radical (unpaired) electrons. The molecule has 0 spiro atoms. The molecule has 0 atom stereocenters. The van der Waals surface area contributed by atoms with Crippen LogP contribution in [-0.4, -0.2) is 60.9 Å². The van der Waals surface area contributed by atoms with E-state index in [-0.39, 0.29) is 11.2 Å². The van der Waals surface area contributed by atoms with Crippen molar-refractivity contribution in [2.45, 2.75) is 18.9 Å². The van der Waals surface area contributed by atoms with Gasteiger partial charge >= 0.3 is 0 Å². The third-order valence-electron chi connectivity index (χ3n) is 6.08. The van der Waals surface area contributed by atoms with Crippen molar-refractivity contribution in [2.75, 3.05) is 44.9 Å². The number of nitrogens with two attached hydrogens (primary N) is 1. The molecule has 0 unspecified atom stereocenters. The fourth-order valence-electron chi connectivity index (χ4n) is 4.12. The largest absolute Gasteiger partial charge is 0.396 e. The van der Waals surface area contributed by atoms with E-state index in [1.807, 2.05) is 18.2 Å².